The number of esters is 1. The van der Waals surface area contributed by atoms with Gasteiger partial charge in [0.15, 0.2) is 0 Å². The first kappa shape index (κ1) is 14.1. The normalized spacial score (nSPS) is 10.4. The maximum Gasteiger partial charge on any atom is 0.338 e. The van der Waals surface area contributed by atoms with Crippen molar-refractivity contribution >= 4 is 5.97 Å². The Labute approximate surface area is 129 Å². The number of hydrogen-bond donors (Lipinski definition) is 0. The van der Waals surface area contributed by atoms with Gasteiger partial charge in [-0.1, -0.05) is 30.3 Å². The molecule has 1 heterocycles. The average molecular weight is 292 g/mol. The molecule has 0 spiro atoms. The molecular formula is C18H16N2O2. The first-order valence-electron chi connectivity index (χ1n) is 7.14. The van der Waals surface area contributed by atoms with E-state index in [1.165, 1.54) is 0 Å². The minimum Gasteiger partial charge on any atom is -0.462 e. The van der Waals surface area contributed by atoms with Gasteiger partial charge in [-0.3, -0.25) is 0 Å². The number of aromatic nitrogens is 2. The van der Waals surface area contributed by atoms with Gasteiger partial charge in [0.25, 0.3) is 0 Å². The molecule has 110 valence electrons. The Morgan fingerprint density at radius 1 is 1.00 bits per heavy atom. The SMILES string of the molecule is O=C(OCCc1ccccc1)c1ccc(-n2cccn2)cc1. The Kier molecular flexibility index (Phi) is 4.30. The second-order valence-electron chi connectivity index (χ2n) is 4.87. The van der Waals surface area contributed by atoms with E-state index < -0.39 is 0 Å². The number of carbonyl (C=O) groups is 1. The van der Waals surface area contributed by atoms with Crippen LogP contribution in [-0.4, -0.2) is 22.4 Å². The molecule has 3 aromatic rings. The molecular weight excluding hydrogens is 276 g/mol. The van der Waals surface area contributed by atoms with Crippen molar-refractivity contribution in [3.63, 3.8) is 0 Å². The Hall–Kier alpha value is -2.88. The summed E-state index contributed by atoms with van der Waals surface area (Å²) in [5.41, 5.74) is 2.61. The summed E-state index contributed by atoms with van der Waals surface area (Å²) in [4.78, 5) is 12.0. The number of carbonyl (C=O) groups excluding carboxylic acids is 1. The van der Waals surface area contributed by atoms with Gasteiger partial charge in [0.2, 0.25) is 0 Å². The van der Waals surface area contributed by atoms with E-state index in [9.17, 15) is 4.79 Å². The molecule has 0 fully saturated rings. The molecule has 0 aliphatic rings. The largest absolute Gasteiger partial charge is 0.462 e. The molecule has 0 N–H and O–H groups in total. The average Bonchev–Trinajstić information content (AvgIpc) is 3.10. The van der Waals surface area contributed by atoms with E-state index in [0.717, 1.165) is 17.7 Å². The third-order valence-electron chi connectivity index (χ3n) is 3.34. The third-order valence-corrected chi connectivity index (χ3v) is 3.34. The fraction of sp³-hybridized carbons (Fsp3) is 0.111. The zero-order valence-corrected chi connectivity index (χ0v) is 12.1. The van der Waals surface area contributed by atoms with Crippen LogP contribution in [0.2, 0.25) is 0 Å². The van der Waals surface area contributed by atoms with Crippen molar-refractivity contribution in [2.45, 2.75) is 6.42 Å². The van der Waals surface area contributed by atoms with Gasteiger partial charge in [-0.2, -0.15) is 5.10 Å². The van der Waals surface area contributed by atoms with Crippen LogP contribution >= 0.6 is 0 Å². The smallest absolute Gasteiger partial charge is 0.338 e. The minimum absolute atomic E-state index is 0.303. The Morgan fingerprint density at radius 2 is 1.77 bits per heavy atom. The summed E-state index contributed by atoms with van der Waals surface area (Å²) in [7, 11) is 0. The summed E-state index contributed by atoms with van der Waals surface area (Å²) in [5, 5.41) is 4.14. The standard InChI is InChI=1S/C18H16N2O2/c21-18(22-14-11-15-5-2-1-3-6-15)16-7-9-17(10-8-16)20-13-4-12-19-20/h1-10,12-13H,11,14H2. The van der Waals surface area contributed by atoms with Gasteiger partial charge >= 0.3 is 5.97 Å². The fourth-order valence-corrected chi connectivity index (χ4v) is 2.16. The molecule has 0 bridgehead atoms. The predicted octanol–water partition coefficient (Wildman–Crippen LogP) is 3.27. The fourth-order valence-electron chi connectivity index (χ4n) is 2.16. The lowest BCUT2D eigenvalue weighted by molar-refractivity contribution is 0.0509. The summed E-state index contributed by atoms with van der Waals surface area (Å²) >= 11 is 0. The van der Waals surface area contributed by atoms with Crippen molar-refractivity contribution in [1.29, 1.82) is 0 Å². The van der Waals surface area contributed by atoms with Crippen molar-refractivity contribution in [1.82, 2.24) is 9.78 Å². The summed E-state index contributed by atoms with van der Waals surface area (Å²) in [6.45, 7) is 0.379. The van der Waals surface area contributed by atoms with Crippen molar-refractivity contribution < 1.29 is 9.53 Å². The second-order valence-corrected chi connectivity index (χ2v) is 4.87. The first-order valence-corrected chi connectivity index (χ1v) is 7.14. The lowest BCUT2D eigenvalue weighted by atomic mass is 10.2. The molecule has 0 saturated carbocycles. The molecule has 0 saturated heterocycles. The van der Waals surface area contributed by atoms with Crippen LogP contribution < -0.4 is 0 Å². The maximum absolute atomic E-state index is 12.0. The molecule has 0 radical (unpaired) electrons. The number of nitrogens with zero attached hydrogens (tertiary/aromatic N) is 2. The van der Waals surface area contributed by atoms with Gasteiger partial charge in [-0.05, 0) is 35.9 Å². The molecule has 22 heavy (non-hydrogen) atoms. The van der Waals surface area contributed by atoms with E-state index >= 15 is 0 Å². The monoisotopic (exact) mass is 292 g/mol. The number of rotatable bonds is 5. The number of benzene rings is 2. The van der Waals surface area contributed by atoms with E-state index in [1.54, 1.807) is 23.0 Å². The molecule has 0 aliphatic heterocycles. The Balaban J connectivity index is 1.56. The zero-order valence-electron chi connectivity index (χ0n) is 12.1. The lowest BCUT2D eigenvalue weighted by Gasteiger charge is -2.06. The van der Waals surface area contributed by atoms with Crippen molar-refractivity contribution in [2.24, 2.45) is 0 Å². The Morgan fingerprint density at radius 3 is 2.45 bits per heavy atom. The molecule has 2 aromatic carbocycles. The van der Waals surface area contributed by atoms with E-state index in [4.69, 9.17) is 4.74 Å². The van der Waals surface area contributed by atoms with Crippen molar-refractivity contribution in [3.8, 4) is 5.69 Å². The van der Waals surface area contributed by atoms with Crippen LogP contribution in [-0.2, 0) is 11.2 Å². The molecule has 4 nitrogen and oxygen atoms in total. The van der Waals surface area contributed by atoms with Crippen molar-refractivity contribution in [3.05, 3.63) is 84.2 Å². The minimum atomic E-state index is -0.303. The quantitative estimate of drug-likeness (QED) is 0.678. The van der Waals surface area contributed by atoms with Crippen LogP contribution in [0.25, 0.3) is 5.69 Å². The zero-order chi connectivity index (χ0) is 15.2. The van der Waals surface area contributed by atoms with Gasteiger partial charge in [-0.15, -0.1) is 0 Å². The number of hydrogen-bond acceptors (Lipinski definition) is 3. The predicted molar refractivity (Wildman–Crippen MR) is 84.0 cm³/mol. The highest BCUT2D eigenvalue weighted by Gasteiger charge is 2.07. The highest BCUT2D eigenvalue weighted by Crippen LogP contribution is 2.10. The van der Waals surface area contributed by atoms with Gasteiger partial charge in [0.05, 0.1) is 17.9 Å². The van der Waals surface area contributed by atoms with Crippen LogP contribution in [0.5, 0.6) is 0 Å². The van der Waals surface area contributed by atoms with Gasteiger partial charge < -0.3 is 4.74 Å². The topological polar surface area (TPSA) is 44.1 Å². The molecule has 0 unspecified atom stereocenters. The van der Waals surface area contributed by atoms with Crippen LogP contribution in [0.3, 0.4) is 0 Å². The number of ether oxygens (including phenoxy) is 1. The van der Waals surface area contributed by atoms with Crippen LogP contribution in [0.4, 0.5) is 0 Å². The first-order chi connectivity index (χ1) is 10.8. The molecule has 4 heteroatoms. The second kappa shape index (κ2) is 6.72. The summed E-state index contributed by atoms with van der Waals surface area (Å²) in [5.74, 6) is -0.303. The third kappa shape index (κ3) is 3.41. The molecule has 0 amide bonds. The molecule has 3 rings (SSSR count). The van der Waals surface area contributed by atoms with E-state index in [2.05, 4.69) is 5.10 Å². The van der Waals surface area contributed by atoms with Gasteiger partial charge in [-0.25, -0.2) is 9.48 Å². The van der Waals surface area contributed by atoms with Crippen molar-refractivity contribution in [2.75, 3.05) is 6.61 Å². The van der Waals surface area contributed by atoms with E-state index in [1.807, 2.05) is 54.7 Å². The summed E-state index contributed by atoms with van der Waals surface area (Å²) in [6, 6.07) is 19.0. The van der Waals surface area contributed by atoms with Crippen LogP contribution in [0, 0.1) is 0 Å². The highest BCUT2D eigenvalue weighted by atomic mass is 16.5. The van der Waals surface area contributed by atoms with E-state index in [0.29, 0.717) is 12.2 Å². The van der Waals surface area contributed by atoms with Crippen LogP contribution in [0.1, 0.15) is 15.9 Å². The Bertz CT molecular complexity index is 720. The van der Waals surface area contributed by atoms with E-state index in [-0.39, 0.29) is 5.97 Å². The van der Waals surface area contributed by atoms with Crippen LogP contribution in [0.15, 0.2) is 73.1 Å². The summed E-state index contributed by atoms with van der Waals surface area (Å²) in [6.07, 6.45) is 4.29. The summed E-state index contributed by atoms with van der Waals surface area (Å²) < 4.78 is 7.04. The van der Waals surface area contributed by atoms with Gasteiger partial charge in [0.1, 0.15) is 0 Å². The van der Waals surface area contributed by atoms with Gasteiger partial charge in [0, 0.05) is 18.8 Å². The lowest BCUT2D eigenvalue weighted by Crippen LogP contribution is -2.08. The maximum atomic E-state index is 12.0. The molecule has 1 aromatic heterocycles. The highest BCUT2D eigenvalue weighted by molar-refractivity contribution is 5.89. The molecule has 0 atom stereocenters. The molecule has 0 aliphatic carbocycles.